The molecule has 0 aromatic heterocycles. The number of primary amides is 1. The van der Waals surface area contributed by atoms with E-state index in [1.165, 1.54) is 6.92 Å². The zero-order valence-electron chi connectivity index (χ0n) is 13.9. The molecule has 0 saturated carbocycles. The van der Waals surface area contributed by atoms with Crippen LogP contribution < -0.4 is 11.1 Å². The third-order valence-electron chi connectivity index (χ3n) is 3.31. The molecule has 2 aromatic rings. The molecule has 0 saturated heterocycles. The monoisotopic (exact) mass is 392 g/mol. The van der Waals surface area contributed by atoms with Crippen molar-refractivity contribution in [1.82, 2.24) is 5.32 Å². The topological polar surface area (TPSA) is 98.5 Å². The molecule has 6 nitrogen and oxygen atoms in total. The second kappa shape index (κ2) is 9.26. The van der Waals surface area contributed by atoms with E-state index in [4.69, 9.17) is 22.1 Å². The Morgan fingerprint density at radius 3 is 2.31 bits per heavy atom. The maximum Gasteiger partial charge on any atom is 0.338 e. The van der Waals surface area contributed by atoms with Gasteiger partial charge < -0.3 is 10.5 Å². The van der Waals surface area contributed by atoms with E-state index in [1.807, 2.05) is 41.7 Å². The lowest BCUT2D eigenvalue weighted by molar-refractivity contribution is -0.127. The van der Waals surface area contributed by atoms with E-state index >= 15 is 0 Å². The van der Waals surface area contributed by atoms with Crippen LogP contribution >= 0.6 is 23.4 Å². The van der Waals surface area contributed by atoms with Gasteiger partial charge in [-0.05, 0) is 48.9 Å². The van der Waals surface area contributed by atoms with Crippen LogP contribution in [0.4, 0.5) is 4.79 Å². The Morgan fingerprint density at radius 1 is 1.12 bits per heavy atom. The summed E-state index contributed by atoms with van der Waals surface area (Å²) in [5.74, 6) is -0.704. The maximum absolute atomic E-state index is 12.0. The van der Waals surface area contributed by atoms with E-state index in [0.717, 1.165) is 16.2 Å². The van der Waals surface area contributed by atoms with Gasteiger partial charge in [0.15, 0.2) is 6.10 Å². The summed E-state index contributed by atoms with van der Waals surface area (Å²) < 4.78 is 5.00. The van der Waals surface area contributed by atoms with Gasteiger partial charge >= 0.3 is 12.0 Å². The van der Waals surface area contributed by atoms with Gasteiger partial charge in [0.1, 0.15) is 0 Å². The van der Waals surface area contributed by atoms with Crippen molar-refractivity contribution in [2.45, 2.75) is 23.7 Å². The Hall–Kier alpha value is -2.51. The van der Waals surface area contributed by atoms with Crippen molar-refractivity contribution in [3.63, 3.8) is 0 Å². The number of carbonyl (C=O) groups excluding carboxylic acids is 3. The fraction of sp³-hybridized carbons (Fsp3) is 0.167. The number of nitrogens with one attached hydrogen (secondary N) is 1. The molecule has 1 atom stereocenters. The van der Waals surface area contributed by atoms with Crippen molar-refractivity contribution in [2.24, 2.45) is 5.73 Å². The maximum atomic E-state index is 12.0. The van der Waals surface area contributed by atoms with Gasteiger partial charge in [0, 0.05) is 15.7 Å². The molecule has 1 unspecified atom stereocenters. The molecule has 26 heavy (non-hydrogen) atoms. The normalized spacial score (nSPS) is 11.5. The van der Waals surface area contributed by atoms with Gasteiger partial charge in [-0.3, -0.25) is 10.1 Å². The summed E-state index contributed by atoms with van der Waals surface area (Å²) in [7, 11) is 0. The molecule has 0 spiro atoms. The van der Waals surface area contributed by atoms with E-state index in [1.54, 1.807) is 23.9 Å². The van der Waals surface area contributed by atoms with Gasteiger partial charge in [0.25, 0.3) is 5.91 Å². The van der Waals surface area contributed by atoms with Crippen LogP contribution in [0, 0.1) is 0 Å². The molecule has 2 aromatic carbocycles. The molecule has 0 bridgehead atoms. The molecule has 8 heteroatoms. The molecule has 0 aliphatic rings. The molecule has 0 radical (unpaired) electrons. The highest BCUT2D eigenvalue weighted by Crippen LogP contribution is 2.24. The third kappa shape index (κ3) is 6.09. The minimum absolute atomic E-state index is 0.309. The zero-order valence-corrected chi connectivity index (χ0v) is 15.5. The summed E-state index contributed by atoms with van der Waals surface area (Å²) in [6.07, 6.45) is -1.13. The molecule has 0 heterocycles. The van der Waals surface area contributed by atoms with Crippen molar-refractivity contribution in [3.8, 4) is 0 Å². The Morgan fingerprint density at radius 2 is 1.73 bits per heavy atom. The lowest BCUT2D eigenvalue weighted by Crippen LogP contribution is -2.42. The van der Waals surface area contributed by atoms with E-state index in [0.29, 0.717) is 10.6 Å². The number of imide groups is 1. The van der Waals surface area contributed by atoms with Gasteiger partial charge in [-0.25, -0.2) is 9.59 Å². The summed E-state index contributed by atoms with van der Waals surface area (Å²) in [6.45, 7) is 1.35. The predicted molar refractivity (Wildman–Crippen MR) is 100 cm³/mol. The first-order valence-corrected chi connectivity index (χ1v) is 9.00. The highest BCUT2D eigenvalue weighted by atomic mass is 35.5. The first-order chi connectivity index (χ1) is 12.3. The third-order valence-corrected chi connectivity index (χ3v) is 4.64. The van der Waals surface area contributed by atoms with Crippen LogP contribution in [0.1, 0.15) is 22.8 Å². The fourth-order valence-corrected chi connectivity index (χ4v) is 2.92. The van der Waals surface area contributed by atoms with Gasteiger partial charge in [-0.1, -0.05) is 23.7 Å². The zero-order chi connectivity index (χ0) is 19.1. The minimum atomic E-state index is -1.13. The van der Waals surface area contributed by atoms with Gasteiger partial charge in [-0.2, -0.15) is 0 Å². The molecule has 0 aliphatic heterocycles. The number of urea groups is 1. The number of amides is 3. The molecule has 0 fully saturated rings. The van der Waals surface area contributed by atoms with Crippen molar-refractivity contribution in [2.75, 3.05) is 0 Å². The van der Waals surface area contributed by atoms with E-state index in [2.05, 4.69) is 0 Å². The first-order valence-electron chi connectivity index (χ1n) is 7.63. The summed E-state index contributed by atoms with van der Waals surface area (Å²) in [5, 5.41) is 2.55. The van der Waals surface area contributed by atoms with Crippen LogP contribution in [0.3, 0.4) is 0 Å². The summed E-state index contributed by atoms with van der Waals surface area (Å²) in [5.41, 5.74) is 6.19. The van der Waals surface area contributed by atoms with Crippen LogP contribution in [-0.2, 0) is 15.3 Å². The number of ether oxygens (including phenoxy) is 1. The smallest absolute Gasteiger partial charge is 0.338 e. The summed E-state index contributed by atoms with van der Waals surface area (Å²) in [6, 6.07) is 13.4. The fourth-order valence-electron chi connectivity index (χ4n) is 1.94. The van der Waals surface area contributed by atoms with Crippen LogP contribution in [0.15, 0.2) is 53.4 Å². The standard InChI is InChI=1S/C18H17ClN2O4S/c1-11(16(22)21-18(20)24)25-17(23)13-4-2-12(3-5-13)10-26-15-8-6-14(19)7-9-15/h2-9,11H,10H2,1H3,(H3,20,21,22,24). The van der Waals surface area contributed by atoms with Crippen molar-refractivity contribution >= 4 is 41.3 Å². The predicted octanol–water partition coefficient (Wildman–Crippen LogP) is 3.37. The van der Waals surface area contributed by atoms with Crippen LogP contribution in [0.2, 0.25) is 5.02 Å². The molecule has 2 rings (SSSR count). The van der Waals surface area contributed by atoms with Gasteiger partial charge in [0.2, 0.25) is 0 Å². The number of benzene rings is 2. The summed E-state index contributed by atoms with van der Waals surface area (Å²) in [4.78, 5) is 35.3. The molecular weight excluding hydrogens is 376 g/mol. The Labute approximate surface area is 160 Å². The van der Waals surface area contributed by atoms with E-state index in [9.17, 15) is 14.4 Å². The van der Waals surface area contributed by atoms with Crippen LogP contribution in [-0.4, -0.2) is 24.0 Å². The second-order valence-corrected chi connectivity index (χ2v) is 6.83. The van der Waals surface area contributed by atoms with Gasteiger partial charge in [-0.15, -0.1) is 11.8 Å². The van der Waals surface area contributed by atoms with E-state index < -0.39 is 24.0 Å². The average molecular weight is 393 g/mol. The number of esters is 1. The number of hydrogen-bond acceptors (Lipinski definition) is 5. The average Bonchev–Trinajstić information content (AvgIpc) is 2.61. The van der Waals surface area contributed by atoms with Crippen LogP contribution in [0.25, 0.3) is 0 Å². The van der Waals surface area contributed by atoms with Crippen molar-refractivity contribution < 1.29 is 19.1 Å². The molecular formula is C18H17ClN2O4S. The summed E-state index contributed by atoms with van der Waals surface area (Å²) >= 11 is 7.50. The number of thioether (sulfide) groups is 1. The largest absolute Gasteiger partial charge is 0.449 e. The van der Waals surface area contributed by atoms with Gasteiger partial charge in [0.05, 0.1) is 5.56 Å². The first kappa shape index (κ1) is 19.8. The highest BCUT2D eigenvalue weighted by molar-refractivity contribution is 7.98. The second-order valence-electron chi connectivity index (χ2n) is 5.34. The molecule has 3 N–H and O–H groups in total. The van der Waals surface area contributed by atoms with E-state index in [-0.39, 0.29) is 0 Å². The molecule has 3 amide bonds. The number of halogens is 1. The highest BCUT2D eigenvalue weighted by Gasteiger charge is 2.19. The number of hydrogen-bond donors (Lipinski definition) is 2. The molecule has 0 aliphatic carbocycles. The van der Waals surface area contributed by atoms with Crippen LogP contribution in [0.5, 0.6) is 0 Å². The SMILES string of the molecule is CC(OC(=O)c1ccc(CSc2ccc(Cl)cc2)cc1)C(=O)NC(N)=O. The Balaban J connectivity index is 1.89. The Kier molecular flexibility index (Phi) is 7.06. The van der Waals surface area contributed by atoms with Crippen molar-refractivity contribution in [1.29, 1.82) is 0 Å². The minimum Gasteiger partial charge on any atom is -0.449 e. The molecule has 136 valence electrons. The number of rotatable bonds is 6. The number of nitrogens with two attached hydrogens (primary N) is 1. The lowest BCUT2D eigenvalue weighted by atomic mass is 10.1. The van der Waals surface area contributed by atoms with Crippen molar-refractivity contribution in [3.05, 3.63) is 64.7 Å². The lowest BCUT2D eigenvalue weighted by Gasteiger charge is -2.12. The number of carbonyl (C=O) groups is 3. The Bertz CT molecular complexity index is 794. The quantitative estimate of drug-likeness (QED) is 0.580.